The zero-order valence-corrected chi connectivity index (χ0v) is 10.7. The van der Waals surface area contributed by atoms with Crippen LogP contribution in [-0.4, -0.2) is 11.7 Å². The quantitative estimate of drug-likeness (QED) is 0.798. The molecule has 0 aliphatic carbocycles. The highest BCUT2D eigenvalue weighted by Gasteiger charge is 2.07. The first-order valence-corrected chi connectivity index (χ1v) is 6.23. The summed E-state index contributed by atoms with van der Waals surface area (Å²) in [7, 11) is 0. The summed E-state index contributed by atoms with van der Waals surface area (Å²) in [4.78, 5) is 0. The molecule has 0 aliphatic rings. The Balaban J connectivity index is 2.48. The van der Waals surface area contributed by atoms with Crippen LogP contribution in [0.15, 0.2) is 18.2 Å². The first-order valence-electron chi connectivity index (χ1n) is 5.86. The Labute approximate surface area is 103 Å². The number of phenols is 1. The molecule has 0 atom stereocenters. The molecule has 0 aromatic heterocycles. The van der Waals surface area contributed by atoms with E-state index in [4.69, 9.17) is 11.6 Å². The van der Waals surface area contributed by atoms with Crippen molar-refractivity contribution in [2.24, 2.45) is 5.92 Å². The Bertz CT molecular complexity index is 303. The molecule has 0 saturated heterocycles. The molecule has 0 saturated carbocycles. The molecule has 0 spiro atoms. The van der Waals surface area contributed by atoms with Crippen LogP contribution in [0.25, 0.3) is 0 Å². The summed E-state index contributed by atoms with van der Waals surface area (Å²) >= 11 is 6.01. The topological polar surface area (TPSA) is 32.3 Å². The van der Waals surface area contributed by atoms with Crippen molar-refractivity contribution in [1.82, 2.24) is 5.32 Å². The van der Waals surface area contributed by atoms with E-state index in [0.29, 0.717) is 17.5 Å². The van der Waals surface area contributed by atoms with Crippen molar-refractivity contribution < 1.29 is 5.11 Å². The van der Waals surface area contributed by atoms with E-state index in [2.05, 4.69) is 19.2 Å². The van der Waals surface area contributed by atoms with Gasteiger partial charge in [-0.25, -0.2) is 0 Å². The van der Waals surface area contributed by atoms with Gasteiger partial charge in [0.1, 0.15) is 5.75 Å². The van der Waals surface area contributed by atoms with E-state index in [1.54, 1.807) is 18.2 Å². The van der Waals surface area contributed by atoms with Gasteiger partial charge in [0.05, 0.1) is 0 Å². The molecule has 2 N–H and O–H groups in total. The van der Waals surface area contributed by atoms with Crippen molar-refractivity contribution in [3.63, 3.8) is 0 Å². The second-order valence-corrected chi connectivity index (χ2v) is 4.46. The number of benzene rings is 1. The minimum atomic E-state index is 0.268. The number of rotatable bonds is 6. The van der Waals surface area contributed by atoms with Crippen LogP contribution in [-0.2, 0) is 6.54 Å². The molecule has 0 unspecified atom stereocenters. The lowest BCUT2D eigenvalue weighted by molar-refractivity contribution is 0.437. The standard InChI is InChI=1S/C13H20ClNO/c1-3-10(4-2)8-15-9-11-12(14)6-5-7-13(11)16/h5-7,10,15-16H,3-4,8-9H2,1-2H3. The number of halogens is 1. The molecular formula is C13H20ClNO. The van der Waals surface area contributed by atoms with Crippen LogP contribution in [0.4, 0.5) is 0 Å². The lowest BCUT2D eigenvalue weighted by Crippen LogP contribution is -2.21. The molecule has 1 aromatic rings. The van der Waals surface area contributed by atoms with Gasteiger partial charge in [0, 0.05) is 17.1 Å². The van der Waals surface area contributed by atoms with E-state index >= 15 is 0 Å². The fourth-order valence-electron chi connectivity index (χ4n) is 1.70. The van der Waals surface area contributed by atoms with Crippen molar-refractivity contribution in [3.05, 3.63) is 28.8 Å². The summed E-state index contributed by atoms with van der Waals surface area (Å²) in [6.45, 7) is 5.99. The molecule has 0 radical (unpaired) electrons. The van der Waals surface area contributed by atoms with Gasteiger partial charge < -0.3 is 10.4 Å². The van der Waals surface area contributed by atoms with Crippen molar-refractivity contribution in [1.29, 1.82) is 0 Å². The average Bonchev–Trinajstić information content (AvgIpc) is 2.28. The average molecular weight is 242 g/mol. The highest BCUT2D eigenvalue weighted by atomic mass is 35.5. The predicted octanol–water partition coefficient (Wildman–Crippen LogP) is 3.57. The summed E-state index contributed by atoms with van der Waals surface area (Å²) in [5.74, 6) is 0.967. The Kier molecular flexibility index (Phi) is 5.64. The Morgan fingerprint density at radius 2 is 2.00 bits per heavy atom. The smallest absolute Gasteiger partial charge is 0.121 e. The maximum absolute atomic E-state index is 9.65. The highest BCUT2D eigenvalue weighted by Crippen LogP contribution is 2.24. The molecule has 0 aliphatic heterocycles. The summed E-state index contributed by atoms with van der Waals surface area (Å²) in [5.41, 5.74) is 0.787. The number of hydrogen-bond acceptors (Lipinski definition) is 2. The Hall–Kier alpha value is -0.730. The van der Waals surface area contributed by atoms with E-state index in [-0.39, 0.29) is 5.75 Å². The van der Waals surface area contributed by atoms with Gasteiger partial charge in [-0.15, -0.1) is 0 Å². The molecule has 0 bridgehead atoms. The lowest BCUT2D eigenvalue weighted by atomic mass is 10.0. The molecular weight excluding hydrogens is 222 g/mol. The monoisotopic (exact) mass is 241 g/mol. The SMILES string of the molecule is CCC(CC)CNCc1c(O)cccc1Cl. The van der Waals surface area contributed by atoms with E-state index in [0.717, 1.165) is 12.1 Å². The van der Waals surface area contributed by atoms with Gasteiger partial charge in [-0.2, -0.15) is 0 Å². The number of phenolic OH excluding ortho intramolecular Hbond substituents is 1. The van der Waals surface area contributed by atoms with E-state index in [1.165, 1.54) is 12.8 Å². The second kappa shape index (κ2) is 6.77. The minimum Gasteiger partial charge on any atom is -0.508 e. The van der Waals surface area contributed by atoms with Crippen molar-refractivity contribution in [2.45, 2.75) is 33.2 Å². The molecule has 1 aromatic carbocycles. The highest BCUT2D eigenvalue weighted by molar-refractivity contribution is 6.31. The van der Waals surface area contributed by atoms with Crippen LogP contribution in [0.2, 0.25) is 5.02 Å². The van der Waals surface area contributed by atoms with E-state index < -0.39 is 0 Å². The number of nitrogens with one attached hydrogen (secondary N) is 1. The molecule has 16 heavy (non-hydrogen) atoms. The fourth-order valence-corrected chi connectivity index (χ4v) is 1.94. The zero-order valence-electron chi connectivity index (χ0n) is 9.96. The molecule has 1 rings (SSSR count). The molecule has 3 heteroatoms. The molecule has 0 heterocycles. The molecule has 90 valence electrons. The summed E-state index contributed by atoms with van der Waals surface area (Å²) in [6.07, 6.45) is 2.36. The Morgan fingerprint density at radius 3 is 2.56 bits per heavy atom. The van der Waals surface area contributed by atoms with Crippen LogP contribution in [0.5, 0.6) is 5.75 Å². The van der Waals surface area contributed by atoms with Crippen LogP contribution in [0.3, 0.4) is 0 Å². The van der Waals surface area contributed by atoms with Crippen LogP contribution >= 0.6 is 11.6 Å². The maximum atomic E-state index is 9.65. The van der Waals surface area contributed by atoms with Gasteiger partial charge in [-0.1, -0.05) is 44.4 Å². The third-order valence-electron chi connectivity index (χ3n) is 2.98. The van der Waals surface area contributed by atoms with Gasteiger partial charge in [0.25, 0.3) is 0 Å². The summed E-state index contributed by atoms with van der Waals surface area (Å²) in [6, 6.07) is 5.22. The summed E-state index contributed by atoms with van der Waals surface area (Å²) < 4.78 is 0. The van der Waals surface area contributed by atoms with E-state index in [1.807, 2.05) is 0 Å². The van der Waals surface area contributed by atoms with Crippen LogP contribution in [0, 0.1) is 5.92 Å². The molecule has 0 amide bonds. The van der Waals surface area contributed by atoms with Gasteiger partial charge in [-0.3, -0.25) is 0 Å². The normalized spacial score (nSPS) is 11.0. The molecule has 2 nitrogen and oxygen atoms in total. The fraction of sp³-hybridized carbons (Fsp3) is 0.538. The van der Waals surface area contributed by atoms with Gasteiger partial charge in [-0.05, 0) is 24.6 Å². The van der Waals surface area contributed by atoms with Crippen molar-refractivity contribution in [3.8, 4) is 5.75 Å². The maximum Gasteiger partial charge on any atom is 0.121 e. The predicted molar refractivity (Wildman–Crippen MR) is 68.9 cm³/mol. The van der Waals surface area contributed by atoms with Crippen LogP contribution < -0.4 is 5.32 Å². The van der Waals surface area contributed by atoms with Gasteiger partial charge >= 0.3 is 0 Å². The first kappa shape index (κ1) is 13.3. The van der Waals surface area contributed by atoms with Crippen molar-refractivity contribution >= 4 is 11.6 Å². The largest absolute Gasteiger partial charge is 0.508 e. The van der Waals surface area contributed by atoms with Crippen molar-refractivity contribution in [2.75, 3.05) is 6.54 Å². The van der Waals surface area contributed by atoms with E-state index in [9.17, 15) is 5.11 Å². The zero-order chi connectivity index (χ0) is 12.0. The lowest BCUT2D eigenvalue weighted by Gasteiger charge is -2.14. The summed E-state index contributed by atoms with van der Waals surface area (Å²) in [5, 5.41) is 13.6. The number of hydrogen-bond donors (Lipinski definition) is 2. The minimum absolute atomic E-state index is 0.268. The second-order valence-electron chi connectivity index (χ2n) is 4.05. The van der Waals surface area contributed by atoms with Crippen LogP contribution in [0.1, 0.15) is 32.3 Å². The Morgan fingerprint density at radius 1 is 1.31 bits per heavy atom. The first-order chi connectivity index (χ1) is 7.69. The number of aromatic hydroxyl groups is 1. The third kappa shape index (κ3) is 3.69. The third-order valence-corrected chi connectivity index (χ3v) is 3.34. The van der Waals surface area contributed by atoms with Gasteiger partial charge in [0.2, 0.25) is 0 Å². The molecule has 0 fully saturated rings. The van der Waals surface area contributed by atoms with Gasteiger partial charge in [0.15, 0.2) is 0 Å².